The van der Waals surface area contributed by atoms with Gasteiger partial charge in [-0.1, -0.05) is 0 Å². The van der Waals surface area contributed by atoms with Gasteiger partial charge in [-0.05, 0) is 27.8 Å². The standard InChI is InChI=1S/C11H23N3O/c1-9(2)13(4)8-11(15)14-6-5-12-10(3)7-14/h9-10,12H,5-8H2,1-4H3/t10-/m0/s1. The van der Waals surface area contributed by atoms with Crippen LogP contribution in [0.2, 0.25) is 0 Å². The Morgan fingerprint density at radius 3 is 2.80 bits per heavy atom. The number of carbonyl (C=O) groups excluding carboxylic acids is 1. The number of amides is 1. The third kappa shape index (κ3) is 3.80. The predicted octanol–water partition coefficient (Wildman–Crippen LogP) is 0.147. The minimum atomic E-state index is 0.250. The molecule has 0 saturated carbocycles. The quantitative estimate of drug-likeness (QED) is 0.725. The van der Waals surface area contributed by atoms with Crippen LogP contribution in [0.3, 0.4) is 0 Å². The smallest absolute Gasteiger partial charge is 0.236 e. The van der Waals surface area contributed by atoms with Gasteiger partial charge in [-0.2, -0.15) is 0 Å². The molecule has 4 heteroatoms. The summed E-state index contributed by atoms with van der Waals surface area (Å²) in [7, 11) is 1.99. The van der Waals surface area contributed by atoms with Crippen molar-refractivity contribution in [2.75, 3.05) is 33.2 Å². The maximum Gasteiger partial charge on any atom is 0.236 e. The third-order valence-corrected chi connectivity index (χ3v) is 2.99. The molecule has 1 fully saturated rings. The Morgan fingerprint density at radius 1 is 1.60 bits per heavy atom. The van der Waals surface area contributed by atoms with Crippen LogP contribution < -0.4 is 5.32 Å². The van der Waals surface area contributed by atoms with Gasteiger partial charge < -0.3 is 10.2 Å². The average molecular weight is 213 g/mol. The summed E-state index contributed by atoms with van der Waals surface area (Å²) >= 11 is 0. The molecule has 1 amide bonds. The van der Waals surface area contributed by atoms with Crippen LogP contribution in [0.4, 0.5) is 0 Å². The normalized spacial score (nSPS) is 22.5. The van der Waals surface area contributed by atoms with Crippen molar-refractivity contribution in [3.8, 4) is 0 Å². The lowest BCUT2D eigenvalue weighted by molar-refractivity contribution is -0.133. The van der Waals surface area contributed by atoms with E-state index in [4.69, 9.17) is 0 Å². The zero-order chi connectivity index (χ0) is 11.4. The first-order valence-corrected chi connectivity index (χ1v) is 5.72. The lowest BCUT2D eigenvalue weighted by Gasteiger charge is -2.33. The van der Waals surface area contributed by atoms with E-state index in [1.165, 1.54) is 0 Å². The molecule has 4 nitrogen and oxygen atoms in total. The topological polar surface area (TPSA) is 35.6 Å². The summed E-state index contributed by atoms with van der Waals surface area (Å²) in [6.45, 7) is 9.45. The molecule has 1 atom stereocenters. The summed E-state index contributed by atoms with van der Waals surface area (Å²) < 4.78 is 0. The Labute approximate surface area is 92.6 Å². The first-order chi connectivity index (χ1) is 7.00. The molecule has 15 heavy (non-hydrogen) atoms. The van der Waals surface area contributed by atoms with Crippen LogP contribution in [-0.4, -0.2) is 61.0 Å². The number of piperazine rings is 1. The van der Waals surface area contributed by atoms with Crippen LogP contribution in [0.5, 0.6) is 0 Å². The van der Waals surface area contributed by atoms with Gasteiger partial charge in [0.2, 0.25) is 5.91 Å². The molecule has 1 N–H and O–H groups in total. The van der Waals surface area contributed by atoms with Gasteiger partial charge in [0, 0.05) is 31.7 Å². The van der Waals surface area contributed by atoms with Crippen molar-refractivity contribution < 1.29 is 4.79 Å². The maximum atomic E-state index is 11.9. The van der Waals surface area contributed by atoms with Gasteiger partial charge in [-0.15, -0.1) is 0 Å². The van der Waals surface area contributed by atoms with Gasteiger partial charge in [-0.25, -0.2) is 0 Å². The molecule has 0 bridgehead atoms. The number of rotatable bonds is 3. The summed E-state index contributed by atoms with van der Waals surface area (Å²) in [6.07, 6.45) is 0. The first kappa shape index (κ1) is 12.5. The summed E-state index contributed by atoms with van der Waals surface area (Å²) in [5.74, 6) is 0.250. The van der Waals surface area contributed by atoms with Gasteiger partial charge in [0.15, 0.2) is 0 Å². The van der Waals surface area contributed by atoms with Crippen LogP contribution in [0.25, 0.3) is 0 Å². The highest BCUT2D eigenvalue weighted by molar-refractivity contribution is 5.78. The number of hydrogen-bond acceptors (Lipinski definition) is 3. The minimum absolute atomic E-state index is 0.250. The number of hydrogen-bond donors (Lipinski definition) is 1. The maximum absolute atomic E-state index is 11.9. The molecule has 1 aliphatic heterocycles. The molecule has 1 rings (SSSR count). The highest BCUT2D eigenvalue weighted by Gasteiger charge is 2.21. The van der Waals surface area contributed by atoms with Crippen LogP contribution in [-0.2, 0) is 4.79 Å². The number of likely N-dealkylation sites (N-methyl/N-ethyl adjacent to an activating group) is 1. The van der Waals surface area contributed by atoms with Crippen LogP contribution in [0, 0.1) is 0 Å². The molecule has 0 spiro atoms. The first-order valence-electron chi connectivity index (χ1n) is 5.72. The third-order valence-electron chi connectivity index (χ3n) is 2.99. The lowest BCUT2D eigenvalue weighted by atomic mass is 10.2. The fraction of sp³-hybridized carbons (Fsp3) is 0.909. The highest BCUT2D eigenvalue weighted by Crippen LogP contribution is 2.01. The Hall–Kier alpha value is -0.610. The number of nitrogens with one attached hydrogen (secondary N) is 1. The molecular formula is C11H23N3O. The van der Waals surface area contributed by atoms with E-state index in [0.29, 0.717) is 18.6 Å². The fourth-order valence-corrected chi connectivity index (χ4v) is 1.65. The van der Waals surface area contributed by atoms with Crippen LogP contribution in [0.1, 0.15) is 20.8 Å². The molecule has 0 aliphatic carbocycles. The Balaban J connectivity index is 2.39. The Morgan fingerprint density at radius 2 is 2.27 bits per heavy atom. The van der Waals surface area contributed by atoms with E-state index in [1.54, 1.807) is 0 Å². The molecular weight excluding hydrogens is 190 g/mol. The minimum Gasteiger partial charge on any atom is -0.339 e. The van der Waals surface area contributed by atoms with E-state index in [9.17, 15) is 4.79 Å². The largest absolute Gasteiger partial charge is 0.339 e. The molecule has 0 radical (unpaired) electrons. The molecule has 1 aliphatic rings. The van der Waals surface area contributed by atoms with Crippen LogP contribution >= 0.6 is 0 Å². The van der Waals surface area contributed by atoms with Gasteiger partial charge in [0.05, 0.1) is 6.54 Å². The second-order valence-electron chi connectivity index (χ2n) is 4.70. The molecule has 88 valence electrons. The van der Waals surface area contributed by atoms with Crippen molar-refractivity contribution in [2.45, 2.75) is 32.9 Å². The average Bonchev–Trinajstić information content (AvgIpc) is 2.17. The molecule has 0 aromatic rings. The van der Waals surface area contributed by atoms with Crippen molar-refractivity contribution in [3.05, 3.63) is 0 Å². The molecule has 0 aromatic carbocycles. The van der Waals surface area contributed by atoms with E-state index in [1.807, 2.05) is 11.9 Å². The lowest BCUT2D eigenvalue weighted by Crippen LogP contribution is -2.53. The zero-order valence-electron chi connectivity index (χ0n) is 10.3. The van der Waals surface area contributed by atoms with Crippen LogP contribution in [0.15, 0.2) is 0 Å². The van der Waals surface area contributed by atoms with Crippen molar-refractivity contribution >= 4 is 5.91 Å². The Kier molecular flexibility index (Phi) is 4.54. The SMILES string of the molecule is CC(C)N(C)CC(=O)N1CCN[C@@H](C)C1. The van der Waals surface area contributed by atoms with E-state index < -0.39 is 0 Å². The van der Waals surface area contributed by atoms with Gasteiger partial charge >= 0.3 is 0 Å². The summed E-state index contributed by atoms with van der Waals surface area (Å²) in [5, 5.41) is 3.34. The van der Waals surface area contributed by atoms with Gasteiger partial charge in [-0.3, -0.25) is 9.69 Å². The Bertz CT molecular complexity index is 218. The molecule has 0 aromatic heterocycles. The van der Waals surface area contributed by atoms with E-state index in [-0.39, 0.29) is 5.91 Å². The second-order valence-corrected chi connectivity index (χ2v) is 4.70. The fourth-order valence-electron chi connectivity index (χ4n) is 1.65. The van der Waals surface area contributed by atoms with E-state index in [0.717, 1.165) is 19.6 Å². The van der Waals surface area contributed by atoms with E-state index in [2.05, 4.69) is 31.0 Å². The van der Waals surface area contributed by atoms with Gasteiger partial charge in [0.25, 0.3) is 0 Å². The number of nitrogens with zero attached hydrogens (tertiary/aromatic N) is 2. The van der Waals surface area contributed by atoms with Crippen molar-refractivity contribution in [1.29, 1.82) is 0 Å². The van der Waals surface area contributed by atoms with Crippen molar-refractivity contribution in [1.82, 2.24) is 15.1 Å². The highest BCUT2D eigenvalue weighted by atomic mass is 16.2. The van der Waals surface area contributed by atoms with Gasteiger partial charge in [0.1, 0.15) is 0 Å². The molecule has 0 unspecified atom stereocenters. The molecule has 1 heterocycles. The monoisotopic (exact) mass is 213 g/mol. The second kappa shape index (κ2) is 5.47. The summed E-state index contributed by atoms with van der Waals surface area (Å²) in [6, 6.07) is 0.848. The number of carbonyl (C=O) groups is 1. The zero-order valence-corrected chi connectivity index (χ0v) is 10.3. The van der Waals surface area contributed by atoms with Crippen molar-refractivity contribution in [2.24, 2.45) is 0 Å². The predicted molar refractivity (Wildman–Crippen MR) is 61.8 cm³/mol. The summed E-state index contributed by atoms with van der Waals surface area (Å²) in [4.78, 5) is 16.0. The van der Waals surface area contributed by atoms with Crippen molar-refractivity contribution in [3.63, 3.8) is 0 Å². The van der Waals surface area contributed by atoms with E-state index >= 15 is 0 Å². The molecule has 1 saturated heterocycles. The summed E-state index contributed by atoms with van der Waals surface area (Å²) in [5.41, 5.74) is 0.